The van der Waals surface area contributed by atoms with Crippen molar-refractivity contribution < 1.29 is 35.4 Å². The lowest BCUT2D eigenvalue weighted by molar-refractivity contribution is 0.313. The first-order valence-corrected chi connectivity index (χ1v) is 12.5. The Kier molecular flexibility index (Phi) is 8.25. The smallest absolute Gasteiger partial charge is 0.264 e. The van der Waals surface area contributed by atoms with Gasteiger partial charge in [-0.3, -0.25) is 9.11 Å². The van der Waals surface area contributed by atoms with Crippen LogP contribution in [0.3, 0.4) is 0 Å². The standard InChI is InChI=1S/C20H26O8S2/c1-15-5-7-17(13-19(15)27-9-3-11-29(21,22)23)18-8-6-16(2)20(14-18)28-10-4-12-30(24,25)26/h5-8,13-14H,3-4,9-12H2,1-2H3,(H,21,22,23)(H,24,25,26). The van der Waals surface area contributed by atoms with Gasteiger partial charge in [-0.1, -0.05) is 24.3 Å². The lowest BCUT2D eigenvalue weighted by atomic mass is 10.0. The van der Waals surface area contributed by atoms with E-state index < -0.39 is 20.2 Å². The zero-order valence-electron chi connectivity index (χ0n) is 16.9. The Bertz CT molecular complexity index is 988. The molecular weight excluding hydrogens is 432 g/mol. The molecule has 0 spiro atoms. The molecule has 0 aliphatic rings. The van der Waals surface area contributed by atoms with Gasteiger partial charge in [-0.25, -0.2) is 0 Å². The number of hydrogen-bond acceptors (Lipinski definition) is 6. The van der Waals surface area contributed by atoms with Crippen molar-refractivity contribution in [2.45, 2.75) is 26.7 Å². The Hall–Kier alpha value is -2.14. The molecule has 0 aliphatic carbocycles. The first-order chi connectivity index (χ1) is 13.9. The molecule has 10 heteroatoms. The molecule has 0 saturated heterocycles. The quantitative estimate of drug-likeness (QED) is 0.388. The summed E-state index contributed by atoms with van der Waals surface area (Å²) in [4.78, 5) is 0. The van der Waals surface area contributed by atoms with Crippen LogP contribution in [0.15, 0.2) is 36.4 Å². The number of aryl methyl sites for hydroxylation is 2. The molecule has 2 aromatic rings. The molecule has 8 nitrogen and oxygen atoms in total. The normalized spacial score (nSPS) is 12.0. The van der Waals surface area contributed by atoms with E-state index in [4.69, 9.17) is 18.6 Å². The van der Waals surface area contributed by atoms with Gasteiger partial charge in [0.05, 0.1) is 24.7 Å². The maximum Gasteiger partial charge on any atom is 0.264 e. The summed E-state index contributed by atoms with van der Waals surface area (Å²) in [6.07, 6.45) is 0.350. The maximum absolute atomic E-state index is 10.8. The number of rotatable bonds is 11. The third-order valence-corrected chi connectivity index (χ3v) is 5.93. The summed E-state index contributed by atoms with van der Waals surface area (Å²) in [5.41, 5.74) is 3.51. The van der Waals surface area contributed by atoms with Gasteiger partial charge in [-0.05, 0) is 61.1 Å². The Labute approximate surface area is 177 Å². The van der Waals surface area contributed by atoms with Gasteiger partial charge in [0, 0.05) is 0 Å². The van der Waals surface area contributed by atoms with E-state index in [-0.39, 0.29) is 37.6 Å². The van der Waals surface area contributed by atoms with Crippen molar-refractivity contribution >= 4 is 20.2 Å². The van der Waals surface area contributed by atoms with E-state index in [1.54, 1.807) is 0 Å². The van der Waals surface area contributed by atoms with E-state index in [1.165, 1.54) is 0 Å². The Morgan fingerprint density at radius 3 is 1.40 bits per heavy atom. The largest absolute Gasteiger partial charge is 0.493 e. The van der Waals surface area contributed by atoms with Gasteiger partial charge in [0.15, 0.2) is 0 Å². The van der Waals surface area contributed by atoms with Crippen molar-refractivity contribution in [2.24, 2.45) is 0 Å². The van der Waals surface area contributed by atoms with Crippen molar-refractivity contribution in [3.8, 4) is 22.6 Å². The summed E-state index contributed by atoms with van der Waals surface area (Å²) in [7, 11) is -8.02. The summed E-state index contributed by atoms with van der Waals surface area (Å²) in [5.74, 6) is 0.502. The summed E-state index contributed by atoms with van der Waals surface area (Å²) in [5, 5.41) is 0. The lowest BCUT2D eigenvalue weighted by Gasteiger charge is -2.13. The van der Waals surface area contributed by atoms with Crippen LogP contribution in [0.2, 0.25) is 0 Å². The molecule has 2 aromatic carbocycles. The second-order valence-corrected chi connectivity index (χ2v) is 10.1. The molecule has 30 heavy (non-hydrogen) atoms. The average molecular weight is 459 g/mol. The van der Waals surface area contributed by atoms with E-state index >= 15 is 0 Å². The van der Waals surface area contributed by atoms with Crippen LogP contribution in [-0.2, 0) is 20.2 Å². The molecule has 166 valence electrons. The van der Waals surface area contributed by atoms with E-state index in [1.807, 2.05) is 50.2 Å². The molecule has 0 heterocycles. The van der Waals surface area contributed by atoms with Gasteiger partial charge in [-0.15, -0.1) is 0 Å². The summed E-state index contributed by atoms with van der Waals surface area (Å²) in [6, 6.07) is 11.3. The molecule has 0 saturated carbocycles. The lowest BCUT2D eigenvalue weighted by Crippen LogP contribution is -2.09. The zero-order valence-corrected chi connectivity index (χ0v) is 18.5. The molecule has 0 bridgehead atoms. The summed E-state index contributed by atoms with van der Waals surface area (Å²) in [6.45, 7) is 4.06. The predicted molar refractivity (Wildman–Crippen MR) is 114 cm³/mol. The molecule has 0 unspecified atom stereocenters. The topological polar surface area (TPSA) is 127 Å². The second kappa shape index (κ2) is 10.3. The van der Waals surface area contributed by atoms with Crippen LogP contribution in [0.1, 0.15) is 24.0 Å². The maximum atomic E-state index is 10.8. The fourth-order valence-electron chi connectivity index (χ4n) is 2.72. The van der Waals surface area contributed by atoms with Crippen molar-refractivity contribution in [1.29, 1.82) is 0 Å². The highest BCUT2D eigenvalue weighted by atomic mass is 32.2. The third kappa shape index (κ3) is 8.31. The van der Waals surface area contributed by atoms with E-state index in [9.17, 15) is 16.8 Å². The highest BCUT2D eigenvalue weighted by molar-refractivity contribution is 7.86. The fraction of sp³-hybridized carbons (Fsp3) is 0.400. The molecule has 2 rings (SSSR count). The third-order valence-electron chi connectivity index (χ3n) is 4.32. The predicted octanol–water partition coefficient (Wildman–Crippen LogP) is 3.28. The van der Waals surface area contributed by atoms with Gasteiger partial charge in [0.2, 0.25) is 0 Å². The van der Waals surface area contributed by atoms with Gasteiger partial charge >= 0.3 is 0 Å². The van der Waals surface area contributed by atoms with Crippen LogP contribution < -0.4 is 9.47 Å². The van der Waals surface area contributed by atoms with Crippen molar-refractivity contribution in [3.05, 3.63) is 47.5 Å². The Morgan fingerprint density at radius 1 is 0.700 bits per heavy atom. The van der Waals surface area contributed by atoms with Crippen molar-refractivity contribution in [3.63, 3.8) is 0 Å². The number of hydrogen-bond donors (Lipinski definition) is 2. The Balaban J connectivity index is 2.09. The van der Waals surface area contributed by atoms with Crippen LogP contribution in [0.25, 0.3) is 11.1 Å². The SMILES string of the molecule is Cc1ccc(-c2ccc(C)c(OCCCS(=O)(=O)O)c2)cc1OCCCS(=O)(=O)O. The van der Waals surface area contributed by atoms with Crippen LogP contribution in [0, 0.1) is 13.8 Å². The van der Waals surface area contributed by atoms with Crippen LogP contribution >= 0.6 is 0 Å². The molecule has 0 fully saturated rings. The average Bonchev–Trinajstić information content (AvgIpc) is 2.63. The first-order valence-electron chi connectivity index (χ1n) is 9.32. The van der Waals surface area contributed by atoms with Crippen LogP contribution in [0.5, 0.6) is 11.5 Å². The molecule has 0 radical (unpaired) electrons. The van der Waals surface area contributed by atoms with Gasteiger partial charge < -0.3 is 9.47 Å². The van der Waals surface area contributed by atoms with E-state index in [2.05, 4.69) is 0 Å². The van der Waals surface area contributed by atoms with Gasteiger partial charge in [0.1, 0.15) is 11.5 Å². The van der Waals surface area contributed by atoms with E-state index in [0.717, 1.165) is 22.3 Å². The zero-order chi connectivity index (χ0) is 22.4. The Morgan fingerprint density at radius 2 is 1.07 bits per heavy atom. The highest BCUT2D eigenvalue weighted by Crippen LogP contribution is 2.31. The van der Waals surface area contributed by atoms with Crippen LogP contribution in [-0.4, -0.2) is 50.7 Å². The summed E-state index contributed by atoms with van der Waals surface area (Å²) >= 11 is 0. The summed E-state index contributed by atoms with van der Waals surface area (Å²) < 4.78 is 72.1. The van der Waals surface area contributed by atoms with Crippen LogP contribution in [0.4, 0.5) is 0 Å². The first kappa shape index (κ1) is 24.1. The highest BCUT2D eigenvalue weighted by Gasteiger charge is 2.09. The molecule has 0 amide bonds. The minimum atomic E-state index is -4.01. The molecule has 0 atom stereocenters. The number of ether oxygens (including phenoxy) is 2. The van der Waals surface area contributed by atoms with Crippen molar-refractivity contribution in [2.75, 3.05) is 24.7 Å². The second-order valence-electron chi connectivity index (χ2n) is 6.94. The molecular formula is C20H26O8S2. The van der Waals surface area contributed by atoms with Gasteiger partial charge in [-0.2, -0.15) is 16.8 Å². The minimum Gasteiger partial charge on any atom is -0.493 e. The van der Waals surface area contributed by atoms with E-state index in [0.29, 0.717) is 11.5 Å². The number of benzene rings is 2. The molecule has 0 aliphatic heterocycles. The van der Waals surface area contributed by atoms with Crippen molar-refractivity contribution in [1.82, 2.24) is 0 Å². The molecule has 2 N–H and O–H groups in total. The monoisotopic (exact) mass is 458 g/mol. The minimum absolute atomic E-state index is 0.153. The molecule has 0 aromatic heterocycles. The van der Waals surface area contributed by atoms with Gasteiger partial charge in [0.25, 0.3) is 20.2 Å². The fourth-order valence-corrected chi connectivity index (χ4v) is 3.68.